The highest BCUT2D eigenvalue weighted by atomic mass is 19.4. The van der Waals surface area contributed by atoms with Crippen LogP contribution in [0, 0.1) is 0 Å². The third-order valence-electron chi connectivity index (χ3n) is 7.44. The molecule has 2 aliphatic heterocycles. The average molecular weight is 834 g/mol. The zero-order valence-electron chi connectivity index (χ0n) is 28.6. The predicted octanol–water partition coefficient (Wildman–Crippen LogP) is 4.65. The summed E-state index contributed by atoms with van der Waals surface area (Å²) >= 11 is 0. The minimum absolute atomic E-state index is 0.0319. The molecule has 0 atom stereocenters. The molecule has 56 heavy (non-hydrogen) atoms. The van der Waals surface area contributed by atoms with E-state index < -0.39 is 48.6 Å². The quantitative estimate of drug-likeness (QED) is 0.266. The van der Waals surface area contributed by atoms with Crippen LogP contribution in [0.15, 0.2) is 43.1 Å². The van der Waals surface area contributed by atoms with E-state index in [1.54, 1.807) is 0 Å². The van der Waals surface area contributed by atoms with Gasteiger partial charge in [0.2, 0.25) is 0 Å². The molecular formula is C29H31F12N7O8. The van der Waals surface area contributed by atoms with Gasteiger partial charge in [-0.15, -0.1) is 0 Å². The van der Waals surface area contributed by atoms with Crippen molar-refractivity contribution in [2.45, 2.75) is 56.2 Å². The molecule has 0 aromatic carbocycles. The molecule has 2 aliphatic rings. The SMILES string of the molecule is CN1CCn2c(-c3cnn(C)c3)cnc2C12CCN(Cc1cccnc1)CC2.O=C(O)C(F)(F)F.O=C(O)C(F)(F)F.O=C(O)C(F)(F)F.O=C(O)C(F)(F)F. The van der Waals surface area contributed by atoms with E-state index in [1.165, 1.54) is 17.1 Å². The van der Waals surface area contributed by atoms with Crippen LogP contribution < -0.4 is 0 Å². The van der Waals surface area contributed by atoms with Crippen molar-refractivity contribution >= 4 is 23.9 Å². The third kappa shape index (κ3) is 15.0. The summed E-state index contributed by atoms with van der Waals surface area (Å²) in [5, 5.41) is 32.8. The van der Waals surface area contributed by atoms with Crippen molar-refractivity contribution in [3.05, 3.63) is 54.5 Å². The number of nitrogens with zero attached hydrogens (tertiary/aromatic N) is 7. The summed E-state index contributed by atoms with van der Waals surface area (Å²) in [5.74, 6) is -9.80. The van der Waals surface area contributed by atoms with E-state index in [-0.39, 0.29) is 5.54 Å². The molecule has 314 valence electrons. The Labute approximate surface area is 306 Å². The van der Waals surface area contributed by atoms with Crippen LogP contribution in [0.25, 0.3) is 11.3 Å². The maximum Gasteiger partial charge on any atom is 0.490 e. The number of aryl methyl sites for hydroxylation is 1. The highest BCUT2D eigenvalue weighted by Gasteiger charge is 2.46. The molecule has 4 N–H and O–H groups in total. The number of imidazole rings is 1. The molecule has 0 radical (unpaired) electrons. The Morgan fingerprint density at radius 3 is 1.50 bits per heavy atom. The first-order valence-corrected chi connectivity index (χ1v) is 15.0. The summed E-state index contributed by atoms with van der Waals surface area (Å²) in [6.45, 7) is 5.17. The maximum absolute atomic E-state index is 10.6. The van der Waals surface area contributed by atoms with Gasteiger partial charge < -0.3 is 25.0 Å². The van der Waals surface area contributed by atoms with Gasteiger partial charge in [0.25, 0.3) is 0 Å². The number of carboxylic acids is 4. The maximum atomic E-state index is 10.6. The van der Waals surface area contributed by atoms with E-state index >= 15 is 0 Å². The molecule has 0 saturated carbocycles. The van der Waals surface area contributed by atoms with Gasteiger partial charge in [0.15, 0.2) is 0 Å². The topological polar surface area (TPSA) is 204 Å². The molecule has 3 aromatic rings. The minimum Gasteiger partial charge on any atom is -0.475 e. The van der Waals surface area contributed by atoms with Crippen LogP contribution in [0.3, 0.4) is 0 Å². The van der Waals surface area contributed by atoms with Gasteiger partial charge in [-0.05, 0) is 31.5 Å². The van der Waals surface area contributed by atoms with Gasteiger partial charge in [-0.1, -0.05) is 6.07 Å². The van der Waals surface area contributed by atoms with Gasteiger partial charge in [0, 0.05) is 63.9 Å². The number of likely N-dealkylation sites (tertiary alicyclic amines) is 1. The second kappa shape index (κ2) is 19.4. The molecule has 15 nitrogen and oxygen atoms in total. The van der Waals surface area contributed by atoms with Gasteiger partial charge in [-0.2, -0.15) is 57.8 Å². The van der Waals surface area contributed by atoms with Crippen LogP contribution in [0.2, 0.25) is 0 Å². The molecule has 5 heterocycles. The second-order valence-corrected chi connectivity index (χ2v) is 11.3. The van der Waals surface area contributed by atoms with Crippen LogP contribution in [-0.2, 0) is 44.9 Å². The lowest BCUT2D eigenvalue weighted by Crippen LogP contribution is -2.56. The van der Waals surface area contributed by atoms with E-state index in [1.807, 2.05) is 42.6 Å². The summed E-state index contributed by atoms with van der Waals surface area (Å²) in [7, 11) is 4.23. The van der Waals surface area contributed by atoms with Crippen LogP contribution >= 0.6 is 0 Å². The number of alkyl halides is 12. The van der Waals surface area contributed by atoms with Gasteiger partial charge in [0.1, 0.15) is 5.82 Å². The number of hydrogen-bond donors (Lipinski definition) is 4. The molecule has 0 bridgehead atoms. The fraction of sp³-hybridized carbons (Fsp3) is 0.483. The highest BCUT2D eigenvalue weighted by molar-refractivity contribution is 5.74. The number of likely N-dealkylation sites (N-methyl/N-ethyl adjacent to an activating group) is 1. The first-order chi connectivity index (χ1) is 25.4. The summed E-state index contributed by atoms with van der Waals surface area (Å²) in [5.41, 5.74) is 3.66. The van der Waals surface area contributed by atoms with Crippen molar-refractivity contribution in [1.29, 1.82) is 0 Å². The third-order valence-corrected chi connectivity index (χ3v) is 7.44. The number of hydrogen-bond acceptors (Lipinski definition) is 9. The zero-order chi connectivity index (χ0) is 43.4. The number of carbonyl (C=O) groups is 4. The van der Waals surface area contributed by atoms with Crippen molar-refractivity contribution in [2.75, 3.05) is 26.7 Å². The van der Waals surface area contributed by atoms with E-state index in [2.05, 4.69) is 43.8 Å². The fourth-order valence-corrected chi connectivity index (χ4v) is 4.83. The van der Waals surface area contributed by atoms with E-state index in [9.17, 15) is 52.7 Å². The summed E-state index contributed by atoms with van der Waals surface area (Å²) in [4.78, 5) is 49.8. The van der Waals surface area contributed by atoms with E-state index in [4.69, 9.17) is 44.6 Å². The summed E-state index contributed by atoms with van der Waals surface area (Å²) in [6, 6.07) is 4.18. The van der Waals surface area contributed by atoms with Crippen molar-refractivity contribution in [3.8, 4) is 11.3 Å². The molecule has 27 heteroatoms. The van der Waals surface area contributed by atoms with Crippen LogP contribution in [0.4, 0.5) is 52.7 Å². The van der Waals surface area contributed by atoms with E-state index in [0.29, 0.717) is 0 Å². The number of carboxylic acid groups (broad SMARTS) is 4. The van der Waals surface area contributed by atoms with E-state index in [0.717, 1.165) is 51.1 Å². The Bertz CT molecular complexity index is 1650. The highest BCUT2D eigenvalue weighted by Crippen LogP contribution is 2.41. The Kier molecular flexibility index (Phi) is 16.8. The Balaban J connectivity index is 0.000000457. The number of rotatable bonds is 3. The average Bonchev–Trinajstić information content (AvgIpc) is 3.70. The molecule has 0 amide bonds. The molecule has 1 spiro atoms. The Morgan fingerprint density at radius 2 is 1.14 bits per heavy atom. The lowest BCUT2D eigenvalue weighted by molar-refractivity contribution is -0.193. The standard InChI is InChI=1S/C21H27N7.4C2HF3O2/c1-25-10-11-28-19(18-13-24-26(2)16-18)14-23-20(28)21(25)5-8-27(9-6-21)15-17-4-3-7-22-12-17;4*3-2(4,5)1(6)7/h3-4,7,12-14,16H,5-6,8-11,15H2,1-2H3;4*(H,6,7). The zero-order valence-corrected chi connectivity index (χ0v) is 28.6. The molecular weight excluding hydrogens is 802 g/mol. The Morgan fingerprint density at radius 1 is 0.696 bits per heavy atom. The van der Waals surface area contributed by atoms with Gasteiger partial charge in [0.05, 0.1) is 23.6 Å². The lowest BCUT2D eigenvalue weighted by Gasteiger charge is -2.49. The first kappa shape index (κ1) is 48.5. The number of piperidine rings is 1. The van der Waals surface area contributed by atoms with Crippen LogP contribution in [0.5, 0.6) is 0 Å². The lowest BCUT2D eigenvalue weighted by atomic mass is 9.83. The largest absolute Gasteiger partial charge is 0.490 e. The number of fused-ring (bicyclic) bond motifs is 2. The van der Waals surface area contributed by atoms with Crippen molar-refractivity contribution in [1.82, 2.24) is 34.1 Å². The number of aromatic nitrogens is 5. The molecule has 3 aromatic heterocycles. The number of aliphatic carboxylic acids is 4. The number of pyridine rings is 1. The summed E-state index contributed by atoms with van der Waals surface area (Å²) < 4.78 is 131. The molecule has 1 fully saturated rings. The molecule has 0 aliphatic carbocycles. The first-order valence-electron chi connectivity index (χ1n) is 15.0. The van der Waals surface area contributed by atoms with Gasteiger partial charge in [-0.25, -0.2) is 24.2 Å². The molecule has 5 rings (SSSR count). The van der Waals surface area contributed by atoms with Crippen LogP contribution in [0.1, 0.15) is 24.2 Å². The summed E-state index contributed by atoms with van der Waals surface area (Å²) in [6.07, 6.45) is -8.26. The minimum atomic E-state index is -5.08. The fourth-order valence-electron chi connectivity index (χ4n) is 4.83. The van der Waals surface area contributed by atoms with Gasteiger partial charge in [-0.3, -0.25) is 19.5 Å². The monoisotopic (exact) mass is 833 g/mol. The molecule has 0 unspecified atom stereocenters. The molecule has 1 saturated heterocycles. The van der Waals surface area contributed by atoms with Crippen LogP contribution in [-0.4, -0.2) is 130 Å². The van der Waals surface area contributed by atoms with Gasteiger partial charge >= 0.3 is 48.6 Å². The van der Waals surface area contributed by atoms with Crippen molar-refractivity contribution in [2.24, 2.45) is 7.05 Å². The normalized spacial score (nSPS) is 15.5. The number of halogens is 12. The smallest absolute Gasteiger partial charge is 0.475 e. The van der Waals surface area contributed by atoms with Crippen molar-refractivity contribution < 1.29 is 92.3 Å². The second-order valence-electron chi connectivity index (χ2n) is 11.3. The Hall–Kier alpha value is -5.47. The van der Waals surface area contributed by atoms with Crippen molar-refractivity contribution in [3.63, 3.8) is 0 Å². The predicted molar refractivity (Wildman–Crippen MR) is 162 cm³/mol.